The zero-order chi connectivity index (χ0) is 19.0. The van der Waals surface area contributed by atoms with Gasteiger partial charge in [-0.25, -0.2) is 13.1 Å². The van der Waals surface area contributed by atoms with E-state index < -0.39 is 10.0 Å². The predicted octanol–water partition coefficient (Wildman–Crippen LogP) is 2.95. The molecule has 0 atom stereocenters. The Morgan fingerprint density at radius 3 is 2.38 bits per heavy atom. The van der Waals surface area contributed by atoms with Crippen molar-refractivity contribution in [3.63, 3.8) is 0 Å². The second-order valence-corrected chi connectivity index (χ2v) is 7.39. The second kappa shape index (κ2) is 9.35. The summed E-state index contributed by atoms with van der Waals surface area (Å²) in [6, 6.07) is 13.8. The van der Waals surface area contributed by atoms with E-state index in [2.05, 4.69) is 10.0 Å². The lowest BCUT2D eigenvalue weighted by atomic mass is 10.1. The van der Waals surface area contributed by atoms with E-state index in [0.717, 1.165) is 5.56 Å². The number of rotatable bonds is 9. The van der Waals surface area contributed by atoms with Crippen molar-refractivity contribution < 1.29 is 17.9 Å². The molecule has 0 aromatic heterocycles. The van der Waals surface area contributed by atoms with E-state index in [1.165, 1.54) is 0 Å². The van der Waals surface area contributed by atoms with Gasteiger partial charge < -0.3 is 10.1 Å². The first-order valence-corrected chi connectivity index (χ1v) is 10.0. The van der Waals surface area contributed by atoms with Crippen LogP contribution in [-0.4, -0.2) is 27.5 Å². The lowest BCUT2D eigenvalue weighted by Gasteiger charge is -2.11. The van der Waals surface area contributed by atoms with E-state index in [4.69, 9.17) is 4.74 Å². The number of nitrogens with one attached hydrogen (secondary N) is 2. The highest BCUT2D eigenvalue weighted by Crippen LogP contribution is 2.24. The molecule has 0 spiro atoms. The van der Waals surface area contributed by atoms with Gasteiger partial charge in [0.2, 0.25) is 15.9 Å². The number of benzene rings is 2. The molecule has 140 valence electrons. The second-order valence-electron chi connectivity index (χ2n) is 5.62. The highest BCUT2D eigenvalue weighted by molar-refractivity contribution is 7.89. The van der Waals surface area contributed by atoms with E-state index in [0.29, 0.717) is 37.4 Å². The standard InChI is InChI=1S/C19H24N2O4S/c1-3-20-26(23,24)16-12-9-15(10-13-16)11-14-19(22)21-17-7-5-6-8-18(17)25-4-2/h5-10,12-13,20H,3-4,11,14H2,1-2H3,(H,21,22). The van der Waals surface area contributed by atoms with Gasteiger partial charge in [0.15, 0.2) is 0 Å². The van der Waals surface area contributed by atoms with Gasteiger partial charge in [-0.2, -0.15) is 0 Å². The van der Waals surface area contributed by atoms with Gasteiger partial charge in [-0.1, -0.05) is 31.2 Å². The van der Waals surface area contributed by atoms with Crippen molar-refractivity contribution in [2.45, 2.75) is 31.6 Å². The molecule has 2 aromatic rings. The molecule has 2 aromatic carbocycles. The molecular formula is C19H24N2O4S. The van der Waals surface area contributed by atoms with Gasteiger partial charge in [-0.05, 0) is 43.2 Å². The van der Waals surface area contributed by atoms with Crippen molar-refractivity contribution in [3.05, 3.63) is 54.1 Å². The van der Waals surface area contributed by atoms with Crippen LogP contribution in [0.5, 0.6) is 5.75 Å². The van der Waals surface area contributed by atoms with Crippen molar-refractivity contribution in [2.24, 2.45) is 0 Å². The smallest absolute Gasteiger partial charge is 0.240 e. The first-order chi connectivity index (χ1) is 12.5. The molecule has 0 fully saturated rings. The zero-order valence-corrected chi connectivity index (χ0v) is 15.8. The highest BCUT2D eigenvalue weighted by atomic mass is 32.2. The van der Waals surface area contributed by atoms with Crippen LogP contribution in [0.15, 0.2) is 53.4 Å². The Morgan fingerprint density at radius 2 is 1.73 bits per heavy atom. The lowest BCUT2D eigenvalue weighted by Crippen LogP contribution is -2.23. The molecule has 0 aliphatic rings. The van der Waals surface area contributed by atoms with Crippen LogP contribution in [0, 0.1) is 0 Å². The van der Waals surface area contributed by atoms with Crippen LogP contribution in [0.1, 0.15) is 25.8 Å². The van der Waals surface area contributed by atoms with Gasteiger partial charge in [0, 0.05) is 13.0 Å². The average Bonchev–Trinajstić information content (AvgIpc) is 2.62. The summed E-state index contributed by atoms with van der Waals surface area (Å²) in [6.45, 7) is 4.48. The molecule has 26 heavy (non-hydrogen) atoms. The monoisotopic (exact) mass is 376 g/mol. The Bertz CT molecular complexity index is 833. The van der Waals surface area contributed by atoms with Gasteiger partial charge in [0.1, 0.15) is 5.75 Å². The van der Waals surface area contributed by atoms with Gasteiger partial charge in [-0.15, -0.1) is 0 Å². The van der Waals surface area contributed by atoms with E-state index >= 15 is 0 Å². The number of sulfonamides is 1. The number of anilines is 1. The molecule has 0 unspecified atom stereocenters. The van der Waals surface area contributed by atoms with Gasteiger partial charge in [0.05, 0.1) is 17.2 Å². The van der Waals surface area contributed by atoms with Crippen LogP contribution >= 0.6 is 0 Å². The topological polar surface area (TPSA) is 84.5 Å². The van der Waals surface area contributed by atoms with Crippen molar-refractivity contribution in [2.75, 3.05) is 18.5 Å². The molecular weight excluding hydrogens is 352 g/mol. The minimum atomic E-state index is -3.45. The average molecular weight is 376 g/mol. The Balaban J connectivity index is 1.94. The molecule has 0 saturated carbocycles. The first kappa shape index (κ1) is 19.9. The third-order valence-corrected chi connectivity index (χ3v) is 5.23. The summed E-state index contributed by atoms with van der Waals surface area (Å²) in [5, 5.41) is 2.85. The van der Waals surface area contributed by atoms with Crippen LogP contribution in [0.4, 0.5) is 5.69 Å². The molecule has 1 amide bonds. The van der Waals surface area contributed by atoms with Crippen molar-refractivity contribution in [1.82, 2.24) is 4.72 Å². The third kappa shape index (κ3) is 5.57. The molecule has 7 heteroatoms. The fraction of sp³-hybridized carbons (Fsp3) is 0.316. The molecule has 6 nitrogen and oxygen atoms in total. The third-order valence-electron chi connectivity index (χ3n) is 3.67. The molecule has 2 rings (SSSR count). The normalized spacial score (nSPS) is 11.2. The quantitative estimate of drug-likeness (QED) is 0.705. The van der Waals surface area contributed by atoms with Gasteiger partial charge in [0.25, 0.3) is 0 Å². The number of hydrogen-bond acceptors (Lipinski definition) is 4. The fourth-order valence-corrected chi connectivity index (χ4v) is 3.47. The zero-order valence-electron chi connectivity index (χ0n) is 15.0. The van der Waals surface area contributed by atoms with E-state index in [1.807, 2.05) is 25.1 Å². The Labute approximate surface area is 154 Å². The lowest BCUT2D eigenvalue weighted by molar-refractivity contribution is -0.116. The molecule has 0 saturated heterocycles. The number of carbonyl (C=O) groups excluding carboxylic acids is 1. The fourth-order valence-electron chi connectivity index (χ4n) is 2.43. The summed E-state index contributed by atoms with van der Waals surface area (Å²) in [4.78, 5) is 12.4. The van der Waals surface area contributed by atoms with Crippen molar-refractivity contribution >= 4 is 21.6 Å². The Hall–Kier alpha value is -2.38. The van der Waals surface area contributed by atoms with Crippen LogP contribution in [0.2, 0.25) is 0 Å². The van der Waals surface area contributed by atoms with E-state index in [1.54, 1.807) is 37.3 Å². The van der Waals surface area contributed by atoms with E-state index in [-0.39, 0.29) is 10.8 Å². The molecule has 0 bridgehead atoms. The molecule has 0 radical (unpaired) electrons. The number of carbonyl (C=O) groups is 1. The summed E-state index contributed by atoms with van der Waals surface area (Å²) in [6.07, 6.45) is 0.809. The summed E-state index contributed by atoms with van der Waals surface area (Å²) in [5.74, 6) is 0.517. The minimum absolute atomic E-state index is 0.124. The summed E-state index contributed by atoms with van der Waals surface area (Å²) in [7, 11) is -3.45. The Morgan fingerprint density at radius 1 is 1.04 bits per heavy atom. The maximum atomic E-state index is 12.2. The SMILES string of the molecule is CCNS(=O)(=O)c1ccc(CCC(=O)Nc2ccccc2OCC)cc1. The first-order valence-electron chi connectivity index (χ1n) is 8.56. The predicted molar refractivity (Wildman–Crippen MR) is 102 cm³/mol. The summed E-state index contributed by atoms with van der Waals surface area (Å²) in [5.41, 5.74) is 1.54. The van der Waals surface area contributed by atoms with Crippen molar-refractivity contribution in [1.29, 1.82) is 0 Å². The minimum Gasteiger partial charge on any atom is -0.492 e. The number of para-hydroxylation sites is 2. The van der Waals surface area contributed by atoms with Crippen LogP contribution < -0.4 is 14.8 Å². The van der Waals surface area contributed by atoms with E-state index in [9.17, 15) is 13.2 Å². The number of hydrogen-bond donors (Lipinski definition) is 2. The van der Waals surface area contributed by atoms with Crippen LogP contribution in [0.3, 0.4) is 0 Å². The summed E-state index contributed by atoms with van der Waals surface area (Å²) >= 11 is 0. The van der Waals surface area contributed by atoms with Gasteiger partial charge in [-0.3, -0.25) is 4.79 Å². The molecule has 0 aliphatic heterocycles. The molecule has 0 heterocycles. The maximum Gasteiger partial charge on any atom is 0.240 e. The largest absolute Gasteiger partial charge is 0.492 e. The highest BCUT2D eigenvalue weighted by Gasteiger charge is 2.12. The van der Waals surface area contributed by atoms with Crippen molar-refractivity contribution in [3.8, 4) is 5.75 Å². The number of aryl methyl sites for hydroxylation is 1. The van der Waals surface area contributed by atoms with Gasteiger partial charge >= 0.3 is 0 Å². The molecule has 2 N–H and O–H groups in total. The van der Waals surface area contributed by atoms with Crippen LogP contribution in [0.25, 0.3) is 0 Å². The summed E-state index contributed by atoms with van der Waals surface area (Å²) < 4.78 is 31.8. The maximum absolute atomic E-state index is 12.2. The number of amides is 1. The molecule has 0 aliphatic carbocycles. The van der Waals surface area contributed by atoms with Crippen LogP contribution in [-0.2, 0) is 21.2 Å². The number of ether oxygens (including phenoxy) is 1. The Kier molecular flexibility index (Phi) is 7.17.